The lowest BCUT2D eigenvalue weighted by Gasteiger charge is -2.11. The van der Waals surface area contributed by atoms with Crippen LogP contribution in [0.5, 0.6) is 0 Å². The van der Waals surface area contributed by atoms with Gasteiger partial charge in [-0.05, 0) is 34.1 Å². The predicted octanol–water partition coefficient (Wildman–Crippen LogP) is 2.63. The SMILES string of the molecule is C#CCNCC(=O)Nc1cc(C(F)(F)F)ccc1Br. The van der Waals surface area contributed by atoms with Gasteiger partial charge in [0.15, 0.2) is 0 Å². The number of rotatable bonds is 4. The maximum Gasteiger partial charge on any atom is 0.416 e. The molecule has 0 aliphatic carbocycles. The molecule has 1 aromatic rings. The summed E-state index contributed by atoms with van der Waals surface area (Å²) in [4.78, 5) is 11.5. The second-order valence-corrected chi connectivity index (χ2v) is 4.40. The van der Waals surface area contributed by atoms with Gasteiger partial charge >= 0.3 is 6.18 Å². The smallest absolute Gasteiger partial charge is 0.324 e. The summed E-state index contributed by atoms with van der Waals surface area (Å²) in [6.45, 7) is 0.129. The number of carbonyl (C=O) groups excluding carboxylic acids is 1. The first-order valence-corrected chi connectivity index (χ1v) is 5.94. The maximum atomic E-state index is 12.5. The van der Waals surface area contributed by atoms with Gasteiger partial charge in [0.25, 0.3) is 0 Å². The van der Waals surface area contributed by atoms with Crippen LogP contribution in [0.15, 0.2) is 22.7 Å². The van der Waals surface area contributed by atoms with Crippen LogP contribution in [-0.4, -0.2) is 19.0 Å². The Balaban J connectivity index is 2.78. The molecule has 0 unspecified atom stereocenters. The van der Waals surface area contributed by atoms with E-state index in [-0.39, 0.29) is 18.8 Å². The van der Waals surface area contributed by atoms with Crippen molar-refractivity contribution in [1.29, 1.82) is 0 Å². The predicted molar refractivity (Wildman–Crippen MR) is 69.5 cm³/mol. The van der Waals surface area contributed by atoms with Crippen molar-refractivity contribution in [2.45, 2.75) is 6.18 Å². The zero-order valence-corrected chi connectivity index (χ0v) is 11.2. The summed E-state index contributed by atoms with van der Waals surface area (Å²) in [7, 11) is 0. The number of nitrogens with one attached hydrogen (secondary N) is 2. The highest BCUT2D eigenvalue weighted by atomic mass is 79.9. The molecule has 0 spiro atoms. The van der Waals surface area contributed by atoms with Crippen molar-refractivity contribution in [2.75, 3.05) is 18.4 Å². The molecular formula is C12H10BrF3N2O. The van der Waals surface area contributed by atoms with E-state index >= 15 is 0 Å². The molecule has 0 aliphatic heterocycles. The third kappa shape index (κ3) is 4.93. The topological polar surface area (TPSA) is 41.1 Å². The molecule has 0 saturated carbocycles. The number of halogens is 4. The first kappa shape index (κ1) is 15.5. The van der Waals surface area contributed by atoms with Gasteiger partial charge in [0.1, 0.15) is 0 Å². The number of hydrogen-bond acceptors (Lipinski definition) is 2. The Bertz CT molecular complexity index is 509. The van der Waals surface area contributed by atoms with E-state index in [1.165, 1.54) is 6.07 Å². The van der Waals surface area contributed by atoms with Crippen molar-refractivity contribution >= 4 is 27.5 Å². The van der Waals surface area contributed by atoms with Crippen LogP contribution in [0.1, 0.15) is 5.56 Å². The van der Waals surface area contributed by atoms with Gasteiger partial charge in [0, 0.05) is 4.47 Å². The number of benzene rings is 1. The van der Waals surface area contributed by atoms with Crippen LogP contribution in [0.25, 0.3) is 0 Å². The largest absolute Gasteiger partial charge is 0.416 e. The molecule has 19 heavy (non-hydrogen) atoms. The molecule has 102 valence electrons. The minimum atomic E-state index is -4.46. The molecular weight excluding hydrogens is 325 g/mol. The molecule has 0 atom stereocenters. The Hall–Kier alpha value is -1.52. The fourth-order valence-electron chi connectivity index (χ4n) is 1.24. The van der Waals surface area contributed by atoms with Crippen molar-refractivity contribution in [3.63, 3.8) is 0 Å². The van der Waals surface area contributed by atoms with Crippen molar-refractivity contribution < 1.29 is 18.0 Å². The third-order valence-electron chi connectivity index (χ3n) is 2.08. The highest BCUT2D eigenvalue weighted by molar-refractivity contribution is 9.10. The van der Waals surface area contributed by atoms with Gasteiger partial charge < -0.3 is 5.32 Å². The number of terminal acetylenes is 1. The zero-order chi connectivity index (χ0) is 14.5. The lowest BCUT2D eigenvalue weighted by Crippen LogP contribution is -2.28. The number of alkyl halides is 3. The number of hydrogen-bond donors (Lipinski definition) is 2. The highest BCUT2D eigenvalue weighted by Gasteiger charge is 2.31. The second kappa shape index (κ2) is 6.59. The van der Waals surface area contributed by atoms with E-state index in [1.54, 1.807) is 0 Å². The molecule has 0 bridgehead atoms. The van der Waals surface area contributed by atoms with Crippen LogP contribution >= 0.6 is 15.9 Å². The quantitative estimate of drug-likeness (QED) is 0.656. The van der Waals surface area contributed by atoms with Gasteiger partial charge in [0.05, 0.1) is 24.3 Å². The lowest BCUT2D eigenvalue weighted by atomic mass is 10.2. The van der Waals surface area contributed by atoms with Gasteiger partial charge in [-0.2, -0.15) is 13.2 Å². The molecule has 3 nitrogen and oxygen atoms in total. The first-order valence-electron chi connectivity index (χ1n) is 5.15. The van der Waals surface area contributed by atoms with Gasteiger partial charge in [-0.15, -0.1) is 6.42 Å². The van der Waals surface area contributed by atoms with Crippen molar-refractivity contribution in [3.8, 4) is 12.3 Å². The fraction of sp³-hybridized carbons (Fsp3) is 0.250. The molecule has 0 radical (unpaired) electrons. The standard InChI is InChI=1S/C12H10BrF3N2O/c1-2-5-17-7-11(19)18-10-6-8(12(14,15)16)3-4-9(10)13/h1,3-4,6,17H,5,7H2,(H,18,19). The maximum absolute atomic E-state index is 12.5. The normalized spacial score (nSPS) is 10.9. The van der Waals surface area contributed by atoms with E-state index in [2.05, 4.69) is 32.5 Å². The molecule has 1 amide bonds. The molecule has 2 N–H and O–H groups in total. The molecule has 0 saturated heterocycles. The Kier molecular flexibility index (Phi) is 5.39. The highest BCUT2D eigenvalue weighted by Crippen LogP contribution is 2.33. The third-order valence-corrected chi connectivity index (χ3v) is 2.77. The molecule has 0 aliphatic rings. The number of carbonyl (C=O) groups is 1. The van der Waals surface area contributed by atoms with Crippen molar-refractivity contribution in [2.24, 2.45) is 0 Å². The molecule has 0 aromatic heterocycles. The van der Waals surface area contributed by atoms with Crippen LogP contribution in [0, 0.1) is 12.3 Å². The van der Waals surface area contributed by atoms with E-state index < -0.39 is 17.6 Å². The Morgan fingerprint density at radius 1 is 1.42 bits per heavy atom. The molecule has 0 heterocycles. The Labute approximate surface area is 116 Å². The summed E-state index contributed by atoms with van der Waals surface area (Å²) >= 11 is 3.07. The minimum absolute atomic E-state index is 0.0577. The van der Waals surface area contributed by atoms with E-state index in [0.29, 0.717) is 4.47 Å². The van der Waals surface area contributed by atoms with Crippen LogP contribution < -0.4 is 10.6 Å². The average Bonchev–Trinajstić information content (AvgIpc) is 2.31. The van der Waals surface area contributed by atoms with Crippen LogP contribution in [-0.2, 0) is 11.0 Å². The Morgan fingerprint density at radius 2 is 2.11 bits per heavy atom. The van der Waals surface area contributed by atoms with Gasteiger partial charge in [-0.1, -0.05) is 5.92 Å². The van der Waals surface area contributed by atoms with Crippen LogP contribution in [0.2, 0.25) is 0 Å². The first-order chi connectivity index (χ1) is 8.84. The number of amides is 1. The molecule has 1 aromatic carbocycles. The monoisotopic (exact) mass is 334 g/mol. The molecule has 1 rings (SSSR count). The van der Waals surface area contributed by atoms with Crippen molar-refractivity contribution in [3.05, 3.63) is 28.2 Å². The summed E-state index contributed by atoms with van der Waals surface area (Å²) in [5, 5.41) is 5.00. The lowest BCUT2D eigenvalue weighted by molar-refractivity contribution is -0.137. The summed E-state index contributed by atoms with van der Waals surface area (Å²) in [6, 6.07) is 3.02. The minimum Gasteiger partial charge on any atom is -0.324 e. The number of anilines is 1. The fourth-order valence-corrected chi connectivity index (χ4v) is 1.59. The van der Waals surface area contributed by atoms with E-state index in [4.69, 9.17) is 6.42 Å². The Morgan fingerprint density at radius 3 is 2.68 bits per heavy atom. The van der Waals surface area contributed by atoms with Gasteiger partial charge in [-0.25, -0.2) is 0 Å². The van der Waals surface area contributed by atoms with Gasteiger partial charge in [0.2, 0.25) is 5.91 Å². The van der Waals surface area contributed by atoms with Crippen molar-refractivity contribution in [1.82, 2.24) is 5.32 Å². The summed E-state index contributed by atoms with van der Waals surface area (Å²) < 4.78 is 37.9. The van der Waals surface area contributed by atoms with E-state index in [9.17, 15) is 18.0 Å². The summed E-state index contributed by atoms with van der Waals surface area (Å²) in [5.41, 5.74) is -0.773. The second-order valence-electron chi connectivity index (χ2n) is 3.55. The zero-order valence-electron chi connectivity index (χ0n) is 9.64. The molecule has 7 heteroatoms. The van der Waals surface area contributed by atoms with Crippen LogP contribution in [0.4, 0.5) is 18.9 Å². The van der Waals surface area contributed by atoms with Crippen LogP contribution in [0.3, 0.4) is 0 Å². The average molecular weight is 335 g/mol. The molecule has 0 fully saturated rings. The summed E-state index contributed by atoms with van der Waals surface area (Å²) in [6.07, 6.45) is 0.526. The van der Waals surface area contributed by atoms with E-state index in [0.717, 1.165) is 12.1 Å². The summed E-state index contributed by atoms with van der Waals surface area (Å²) in [5.74, 6) is 1.80. The van der Waals surface area contributed by atoms with E-state index in [1.807, 2.05) is 0 Å². The van der Waals surface area contributed by atoms with Gasteiger partial charge in [-0.3, -0.25) is 10.1 Å².